The van der Waals surface area contributed by atoms with Gasteiger partial charge in [-0.15, -0.1) is 0 Å². The lowest BCUT2D eigenvalue weighted by atomic mass is 9.94. The van der Waals surface area contributed by atoms with Crippen molar-refractivity contribution >= 4 is 11.0 Å². The molecule has 0 amide bonds. The van der Waals surface area contributed by atoms with E-state index in [0.29, 0.717) is 16.6 Å². The van der Waals surface area contributed by atoms with Gasteiger partial charge in [0.2, 0.25) is 0 Å². The Morgan fingerprint density at radius 3 is 2.82 bits per heavy atom. The number of halogens is 1. The zero-order chi connectivity index (χ0) is 15.7. The highest BCUT2D eigenvalue weighted by Crippen LogP contribution is 2.24. The summed E-state index contributed by atoms with van der Waals surface area (Å²) in [6.07, 6.45) is 4.94. The van der Waals surface area contributed by atoms with E-state index in [-0.39, 0.29) is 24.3 Å². The highest BCUT2D eigenvalue weighted by atomic mass is 19.1. The average molecular weight is 305 g/mol. The zero-order valence-corrected chi connectivity index (χ0v) is 12.6. The minimum absolute atomic E-state index is 0.100. The lowest BCUT2D eigenvalue weighted by molar-refractivity contribution is 0.0130. The molecular weight excluding hydrogens is 285 g/mol. The summed E-state index contributed by atoms with van der Waals surface area (Å²) in [4.78, 5) is 15.8. The monoisotopic (exact) mass is 305 g/mol. The molecule has 0 unspecified atom stereocenters. The highest BCUT2D eigenvalue weighted by molar-refractivity contribution is 5.78. The van der Waals surface area contributed by atoms with Crippen LogP contribution in [0.2, 0.25) is 0 Å². The fourth-order valence-corrected chi connectivity index (χ4v) is 3.00. The molecule has 1 saturated carbocycles. The lowest BCUT2D eigenvalue weighted by Crippen LogP contribution is -2.30. The largest absolute Gasteiger partial charge is 0.373 e. The van der Waals surface area contributed by atoms with Crippen molar-refractivity contribution in [2.24, 2.45) is 12.8 Å². The Morgan fingerprint density at radius 2 is 2.09 bits per heavy atom. The molecule has 0 radical (unpaired) electrons. The fourth-order valence-electron chi connectivity index (χ4n) is 3.00. The van der Waals surface area contributed by atoms with Crippen LogP contribution in [0, 0.1) is 5.82 Å². The molecule has 2 aromatic rings. The predicted octanol–water partition coefficient (Wildman–Crippen LogP) is 1.86. The standard InChI is InChI=1S/C16H20FN3O2/c1-20-15(21)7-6-14-16(20)12(13(17)8-19-14)9-22-11-4-2-10(18)3-5-11/h6-8,10-11H,2-5,9,18H2,1H3. The van der Waals surface area contributed by atoms with Gasteiger partial charge in [-0.25, -0.2) is 4.39 Å². The fraction of sp³-hybridized carbons (Fsp3) is 0.500. The van der Waals surface area contributed by atoms with Crippen LogP contribution >= 0.6 is 0 Å². The number of pyridine rings is 2. The Morgan fingerprint density at radius 1 is 1.36 bits per heavy atom. The van der Waals surface area contributed by atoms with Gasteiger partial charge < -0.3 is 15.0 Å². The summed E-state index contributed by atoms with van der Waals surface area (Å²) in [6.45, 7) is 0.141. The van der Waals surface area contributed by atoms with Crippen LogP contribution in [0.1, 0.15) is 31.2 Å². The van der Waals surface area contributed by atoms with Crippen LogP contribution < -0.4 is 11.3 Å². The Kier molecular flexibility index (Phi) is 4.22. The van der Waals surface area contributed by atoms with Gasteiger partial charge in [0, 0.05) is 24.7 Å². The minimum Gasteiger partial charge on any atom is -0.373 e. The van der Waals surface area contributed by atoms with Crippen LogP contribution in [0.4, 0.5) is 4.39 Å². The Hall–Kier alpha value is -1.79. The maximum absolute atomic E-state index is 14.2. The quantitative estimate of drug-likeness (QED) is 0.939. The SMILES string of the molecule is Cn1c(=O)ccc2ncc(F)c(COC3CCC(N)CC3)c21. The molecule has 0 aromatic carbocycles. The van der Waals surface area contributed by atoms with Crippen molar-refractivity contribution in [1.29, 1.82) is 0 Å². The normalized spacial score (nSPS) is 22.1. The van der Waals surface area contributed by atoms with Crippen molar-refractivity contribution in [3.63, 3.8) is 0 Å². The molecule has 22 heavy (non-hydrogen) atoms. The molecule has 6 heteroatoms. The summed E-state index contributed by atoms with van der Waals surface area (Å²) in [6, 6.07) is 3.29. The Bertz CT molecular complexity index is 736. The second kappa shape index (κ2) is 6.14. The molecular formula is C16H20FN3O2. The van der Waals surface area contributed by atoms with Gasteiger partial charge in [0.25, 0.3) is 5.56 Å². The molecule has 2 heterocycles. The number of fused-ring (bicyclic) bond motifs is 1. The first-order valence-corrected chi connectivity index (χ1v) is 7.56. The minimum atomic E-state index is -0.443. The van der Waals surface area contributed by atoms with Crippen molar-refractivity contribution < 1.29 is 9.13 Å². The van der Waals surface area contributed by atoms with Gasteiger partial charge in [-0.1, -0.05) is 0 Å². The van der Waals surface area contributed by atoms with Gasteiger partial charge in [0.05, 0.1) is 29.9 Å². The number of ether oxygens (including phenoxy) is 1. The van der Waals surface area contributed by atoms with E-state index >= 15 is 0 Å². The van der Waals surface area contributed by atoms with Crippen LogP contribution in [0.15, 0.2) is 23.1 Å². The number of hydrogen-bond acceptors (Lipinski definition) is 4. The van der Waals surface area contributed by atoms with E-state index in [1.165, 1.54) is 16.8 Å². The first kappa shape index (κ1) is 15.1. The van der Waals surface area contributed by atoms with Crippen molar-refractivity contribution in [3.8, 4) is 0 Å². The molecule has 1 fully saturated rings. The number of rotatable bonds is 3. The zero-order valence-electron chi connectivity index (χ0n) is 12.6. The average Bonchev–Trinajstić information content (AvgIpc) is 2.52. The van der Waals surface area contributed by atoms with Gasteiger partial charge in [0.1, 0.15) is 5.82 Å². The van der Waals surface area contributed by atoms with Crippen molar-refractivity contribution in [2.75, 3.05) is 0 Å². The first-order chi connectivity index (χ1) is 10.6. The van der Waals surface area contributed by atoms with Crippen molar-refractivity contribution in [1.82, 2.24) is 9.55 Å². The molecule has 0 spiro atoms. The molecule has 5 nitrogen and oxygen atoms in total. The number of aromatic nitrogens is 2. The number of nitrogens with two attached hydrogens (primary N) is 1. The summed E-state index contributed by atoms with van der Waals surface area (Å²) in [5, 5.41) is 0. The van der Waals surface area contributed by atoms with E-state index in [0.717, 1.165) is 25.7 Å². The van der Waals surface area contributed by atoms with E-state index in [1.807, 2.05) is 0 Å². The molecule has 0 atom stereocenters. The molecule has 1 aliphatic carbocycles. The summed E-state index contributed by atoms with van der Waals surface area (Å²) in [7, 11) is 1.62. The van der Waals surface area contributed by atoms with Crippen molar-refractivity contribution in [2.45, 2.75) is 44.4 Å². The van der Waals surface area contributed by atoms with E-state index < -0.39 is 5.82 Å². The highest BCUT2D eigenvalue weighted by Gasteiger charge is 2.20. The van der Waals surface area contributed by atoms with Crippen molar-refractivity contribution in [3.05, 3.63) is 40.1 Å². The Balaban J connectivity index is 1.88. The second-order valence-corrected chi connectivity index (χ2v) is 5.90. The molecule has 2 aromatic heterocycles. The lowest BCUT2D eigenvalue weighted by Gasteiger charge is -2.26. The third-order valence-electron chi connectivity index (χ3n) is 4.37. The molecule has 0 bridgehead atoms. The molecule has 0 aliphatic heterocycles. The van der Waals surface area contributed by atoms with E-state index in [2.05, 4.69) is 4.98 Å². The summed E-state index contributed by atoms with van der Waals surface area (Å²) in [5.41, 5.74) is 7.17. The second-order valence-electron chi connectivity index (χ2n) is 5.90. The molecule has 1 aliphatic rings. The first-order valence-electron chi connectivity index (χ1n) is 7.56. The maximum atomic E-state index is 14.2. The maximum Gasteiger partial charge on any atom is 0.250 e. The third kappa shape index (κ3) is 2.89. The molecule has 0 saturated heterocycles. The summed E-state index contributed by atoms with van der Waals surface area (Å²) in [5.74, 6) is -0.443. The topological polar surface area (TPSA) is 70.1 Å². The summed E-state index contributed by atoms with van der Waals surface area (Å²) >= 11 is 0. The number of nitrogens with zero attached hydrogens (tertiary/aromatic N) is 2. The predicted molar refractivity (Wildman–Crippen MR) is 82.0 cm³/mol. The number of aryl methyl sites for hydroxylation is 1. The van der Waals surface area contributed by atoms with Crippen LogP contribution in [0.3, 0.4) is 0 Å². The van der Waals surface area contributed by atoms with Gasteiger partial charge >= 0.3 is 0 Å². The Labute approximate surface area is 127 Å². The van der Waals surface area contributed by atoms with E-state index in [1.54, 1.807) is 13.1 Å². The van der Waals surface area contributed by atoms with E-state index in [4.69, 9.17) is 10.5 Å². The van der Waals surface area contributed by atoms with Crippen LogP contribution in [-0.4, -0.2) is 21.7 Å². The van der Waals surface area contributed by atoms with Gasteiger partial charge in [-0.2, -0.15) is 0 Å². The van der Waals surface area contributed by atoms with Gasteiger partial charge in [-0.3, -0.25) is 9.78 Å². The van der Waals surface area contributed by atoms with Gasteiger partial charge in [-0.05, 0) is 31.7 Å². The van der Waals surface area contributed by atoms with Crippen LogP contribution in [-0.2, 0) is 18.4 Å². The molecule has 2 N–H and O–H groups in total. The van der Waals surface area contributed by atoms with E-state index in [9.17, 15) is 9.18 Å². The summed E-state index contributed by atoms with van der Waals surface area (Å²) < 4.78 is 21.4. The van der Waals surface area contributed by atoms with Crippen LogP contribution in [0.25, 0.3) is 11.0 Å². The smallest absolute Gasteiger partial charge is 0.250 e. The van der Waals surface area contributed by atoms with Gasteiger partial charge in [0.15, 0.2) is 0 Å². The number of hydrogen-bond donors (Lipinski definition) is 1. The van der Waals surface area contributed by atoms with Crippen LogP contribution in [0.5, 0.6) is 0 Å². The molecule has 118 valence electrons. The third-order valence-corrected chi connectivity index (χ3v) is 4.37. The molecule has 3 rings (SSSR count).